The normalized spacial score (nSPS) is 17.5. The summed E-state index contributed by atoms with van der Waals surface area (Å²) < 4.78 is 5.37. The zero-order valence-electron chi connectivity index (χ0n) is 15.8. The number of rotatable bonds is 6. The van der Waals surface area contributed by atoms with Crippen LogP contribution in [-0.2, 0) is 11.2 Å². The average molecular weight is 346 g/mol. The van der Waals surface area contributed by atoms with Crippen molar-refractivity contribution in [3.63, 3.8) is 0 Å². The molecule has 1 aliphatic rings. The van der Waals surface area contributed by atoms with Crippen LogP contribution in [0.1, 0.15) is 30.9 Å². The standard InChI is InChI=1S/C19H30N4O2/c1-5-18(24)23-11-9-16(13-23)22-19(20-3)21-10-8-15-7-6-14(2)17(12-15)25-4/h6-7,12,16H,5,8-11,13H2,1-4H3,(H2,20,21,22). The Morgan fingerprint density at radius 3 is 2.92 bits per heavy atom. The molecule has 1 unspecified atom stereocenters. The fourth-order valence-corrected chi connectivity index (χ4v) is 3.06. The second-order valence-electron chi connectivity index (χ2n) is 6.38. The van der Waals surface area contributed by atoms with Crippen molar-refractivity contribution in [1.29, 1.82) is 0 Å². The number of carbonyl (C=O) groups is 1. The van der Waals surface area contributed by atoms with Gasteiger partial charge >= 0.3 is 0 Å². The van der Waals surface area contributed by atoms with Gasteiger partial charge in [-0.15, -0.1) is 0 Å². The monoisotopic (exact) mass is 346 g/mol. The van der Waals surface area contributed by atoms with E-state index in [1.54, 1.807) is 14.2 Å². The topological polar surface area (TPSA) is 66.0 Å². The average Bonchev–Trinajstić information content (AvgIpc) is 3.10. The van der Waals surface area contributed by atoms with Gasteiger partial charge in [-0.2, -0.15) is 0 Å². The molecular formula is C19H30N4O2. The van der Waals surface area contributed by atoms with Crippen molar-refractivity contribution in [2.24, 2.45) is 4.99 Å². The lowest BCUT2D eigenvalue weighted by Gasteiger charge is -2.18. The van der Waals surface area contributed by atoms with E-state index in [4.69, 9.17) is 4.74 Å². The van der Waals surface area contributed by atoms with E-state index in [1.165, 1.54) is 5.56 Å². The summed E-state index contributed by atoms with van der Waals surface area (Å²) in [4.78, 5) is 18.0. The molecule has 1 aromatic rings. The molecule has 0 aromatic heterocycles. The quantitative estimate of drug-likeness (QED) is 0.608. The lowest BCUT2D eigenvalue weighted by atomic mass is 10.1. The first-order chi connectivity index (χ1) is 12.1. The number of carbonyl (C=O) groups excluding carboxylic acids is 1. The molecule has 25 heavy (non-hydrogen) atoms. The van der Waals surface area contributed by atoms with E-state index < -0.39 is 0 Å². The van der Waals surface area contributed by atoms with Crippen LogP contribution < -0.4 is 15.4 Å². The summed E-state index contributed by atoms with van der Waals surface area (Å²) >= 11 is 0. The van der Waals surface area contributed by atoms with Crippen LogP contribution in [0.2, 0.25) is 0 Å². The summed E-state index contributed by atoms with van der Waals surface area (Å²) in [6.45, 7) is 6.31. The van der Waals surface area contributed by atoms with Gasteiger partial charge in [0, 0.05) is 39.1 Å². The van der Waals surface area contributed by atoms with Crippen molar-refractivity contribution in [3.8, 4) is 5.75 Å². The smallest absolute Gasteiger partial charge is 0.222 e. The fourth-order valence-electron chi connectivity index (χ4n) is 3.06. The molecule has 1 saturated heterocycles. The predicted octanol–water partition coefficient (Wildman–Crippen LogP) is 1.72. The highest BCUT2D eigenvalue weighted by Gasteiger charge is 2.25. The van der Waals surface area contributed by atoms with E-state index in [2.05, 4.69) is 33.8 Å². The van der Waals surface area contributed by atoms with Crippen LogP contribution in [0.5, 0.6) is 5.75 Å². The molecule has 0 saturated carbocycles. The molecule has 1 aromatic carbocycles. The van der Waals surface area contributed by atoms with Crippen LogP contribution in [0.3, 0.4) is 0 Å². The number of ether oxygens (including phenoxy) is 1. The van der Waals surface area contributed by atoms with Crippen molar-refractivity contribution in [2.45, 2.75) is 39.2 Å². The summed E-state index contributed by atoms with van der Waals surface area (Å²) in [5, 5.41) is 6.76. The minimum absolute atomic E-state index is 0.223. The Bertz CT molecular complexity index is 615. The van der Waals surface area contributed by atoms with Gasteiger partial charge in [-0.05, 0) is 37.0 Å². The highest BCUT2D eigenvalue weighted by molar-refractivity contribution is 5.80. The van der Waals surface area contributed by atoms with E-state index in [0.717, 1.165) is 49.7 Å². The number of hydrogen-bond donors (Lipinski definition) is 2. The van der Waals surface area contributed by atoms with Gasteiger partial charge in [-0.1, -0.05) is 19.1 Å². The molecule has 1 atom stereocenters. The molecule has 1 amide bonds. The summed E-state index contributed by atoms with van der Waals surface area (Å²) in [5.41, 5.74) is 2.37. The van der Waals surface area contributed by atoms with Gasteiger partial charge in [-0.3, -0.25) is 9.79 Å². The molecule has 138 valence electrons. The lowest BCUT2D eigenvalue weighted by Crippen LogP contribution is -2.45. The van der Waals surface area contributed by atoms with Gasteiger partial charge in [0.25, 0.3) is 0 Å². The Balaban J connectivity index is 1.78. The predicted molar refractivity (Wildman–Crippen MR) is 101 cm³/mol. The van der Waals surface area contributed by atoms with Crippen LogP contribution >= 0.6 is 0 Å². The van der Waals surface area contributed by atoms with E-state index >= 15 is 0 Å². The number of aryl methyl sites for hydroxylation is 1. The van der Waals surface area contributed by atoms with Crippen molar-refractivity contribution >= 4 is 11.9 Å². The molecule has 0 spiro atoms. The first-order valence-corrected chi connectivity index (χ1v) is 8.95. The molecule has 0 aliphatic carbocycles. The third kappa shape index (κ3) is 5.37. The minimum Gasteiger partial charge on any atom is -0.496 e. The number of likely N-dealkylation sites (tertiary alicyclic amines) is 1. The fraction of sp³-hybridized carbons (Fsp3) is 0.579. The number of nitrogens with zero attached hydrogens (tertiary/aromatic N) is 2. The first-order valence-electron chi connectivity index (χ1n) is 8.95. The van der Waals surface area contributed by atoms with Crippen LogP contribution in [0, 0.1) is 6.92 Å². The maximum Gasteiger partial charge on any atom is 0.222 e. The molecule has 0 radical (unpaired) electrons. The Kier molecular flexibility index (Phi) is 7.10. The lowest BCUT2D eigenvalue weighted by molar-refractivity contribution is -0.129. The summed E-state index contributed by atoms with van der Waals surface area (Å²) in [6.07, 6.45) is 2.42. The van der Waals surface area contributed by atoms with Gasteiger partial charge in [-0.25, -0.2) is 0 Å². The molecule has 0 bridgehead atoms. The van der Waals surface area contributed by atoms with Gasteiger partial charge < -0.3 is 20.3 Å². The second-order valence-corrected chi connectivity index (χ2v) is 6.38. The number of amides is 1. The highest BCUT2D eigenvalue weighted by atomic mass is 16.5. The van der Waals surface area contributed by atoms with Gasteiger partial charge in [0.1, 0.15) is 5.75 Å². The van der Waals surface area contributed by atoms with Crippen molar-refractivity contribution in [2.75, 3.05) is 33.8 Å². The van der Waals surface area contributed by atoms with Crippen LogP contribution in [0.4, 0.5) is 0 Å². The largest absolute Gasteiger partial charge is 0.496 e. The number of aliphatic imine (C=N–C) groups is 1. The van der Waals surface area contributed by atoms with E-state index in [-0.39, 0.29) is 11.9 Å². The summed E-state index contributed by atoms with van der Waals surface area (Å²) in [5.74, 6) is 1.93. The van der Waals surface area contributed by atoms with Crippen molar-refractivity contribution < 1.29 is 9.53 Å². The number of guanidine groups is 1. The number of methoxy groups -OCH3 is 1. The summed E-state index contributed by atoms with van der Waals surface area (Å²) in [7, 11) is 3.47. The Morgan fingerprint density at radius 2 is 2.24 bits per heavy atom. The van der Waals surface area contributed by atoms with Gasteiger partial charge in [0.2, 0.25) is 5.91 Å². The number of hydrogen-bond acceptors (Lipinski definition) is 3. The van der Waals surface area contributed by atoms with E-state index in [0.29, 0.717) is 6.42 Å². The molecule has 2 rings (SSSR count). The molecule has 2 N–H and O–H groups in total. The molecular weight excluding hydrogens is 316 g/mol. The van der Waals surface area contributed by atoms with Crippen LogP contribution in [-0.4, -0.2) is 56.6 Å². The zero-order valence-corrected chi connectivity index (χ0v) is 15.8. The van der Waals surface area contributed by atoms with E-state index in [1.807, 2.05) is 18.7 Å². The second kappa shape index (κ2) is 9.30. The Hall–Kier alpha value is -2.24. The van der Waals surface area contributed by atoms with Crippen molar-refractivity contribution in [3.05, 3.63) is 29.3 Å². The van der Waals surface area contributed by atoms with Crippen LogP contribution in [0.15, 0.2) is 23.2 Å². The van der Waals surface area contributed by atoms with Gasteiger partial charge in [0.15, 0.2) is 5.96 Å². The third-order valence-corrected chi connectivity index (χ3v) is 4.59. The van der Waals surface area contributed by atoms with Crippen LogP contribution in [0.25, 0.3) is 0 Å². The first kappa shape index (κ1) is 19.1. The third-order valence-electron chi connectivity index (χ3n) is 4.59. The van der Waals surface area contributed by atoms with Gasteiger partial charge in [0.05, 0.1) is 7.11 Å². The minimum atomic E-state index is 0.223. The Labute approximate surface area is 150 Å². The molecule has 1 fully saturated rings. The molecule has 1 aliphatic heterocycles. The maximum atomic E-state index is 11.8. The number of benzene rings is 1. The zero-order chi connectivity index (χ0) is 18.2. The van der Waals surface area contributed by atoms with E-state index in [9.17, 15) is 4.79 Å². The molecule has 6 heteroatoms. The highest BCUT2D eigenvalue weighted by Crippen LogP contribution is 2.19. The SMILES string of the molecule is CCC(=O)N1CCC(NC(=NC)NCCc2ccc(C)c(OC)c2)C1. The Morgan fingerprint density at radius 1 is 1.44 bits per heavy atom. The van der Waals surface area contributed by atoms with Crippen molar-refractivity contribution in [1.82, 2.24) is 15.5 Å². The molecule has 6 nitrogen and oxygen atoms in total. The maximum absolute atomic E-state index is 11.8. The molecule has 1 heterocycles. The number of nitrogens with one attached hydrogen (secondary N) is 2. The summed E-state index contributed by atoms with van der Waals surface area (Å²) in [6, 6.07) is 6.56.